The molecule has 0 fully saturated rings. The molecule has 0 spiro atoms. The van der Waals surface area contributed by atoms with Gasteiger partial charge in [0.15, 0.2) is 15.6 Å². The van der Waals surface area contributed by atoms with Crippen molar-refractivity contribution in [1.82, 2.24) is 0 Å². The first-order valence-corrected chi connectivity index (χ1v) is 9.00. The van der Waals surface area contributed by atoms with E-state index in [1.165, 1.54) is 24.4 Å². The van der Waals surface area contributed by atoms with Crippen LogP contribution in [0.5, 0.6) is 0 Å². The molecule has 4 heteroatoms. The minimum absolute atomic E-state index is 0. The second-order valence-electron chi connectivity index (χ2n) is 0. The Morgan fingerprint density at radius 1 is 1.25 bits per heavy atom. The van der Waals surface area contributed by atoms with Crippen molar-refractivity contribution in [3.05, 3.63) is 0 Å². The van der Waals surface area contributed by atoms with Gasteiger partial charge >= 0.3 is 37.7 Å². The van der Waals surface area contributed by atoms with E-state index in [0.717, 1.165) is 0 Å². The van der Waals surface area contributed by atoms with Gasteiger partial charge in [-0.3, -0.25) is 0 Å². The van der Waals surface area contributed by atoms with Crippen LogP contribution in [-0.2, 0) is 17.1 Å². The second-order valence-corrected chi connectivity index (χ2v) is 0. The molecule has 0 aromatic heterocycles. The Morgan fingerprint density at radius 3 is 1.25 bits per heavy atom. The number of hydrogen-bond acceptors (Lipinski definition) is 0. The van der Waals surface area contributed by atoms with Crippen molar-refractivity contribution in [3.63, 3.8) is 0 Å². The van der Waals surface area contributed by atoms with Gasteiger partial charge < -0.3 is 0 Å². The van der Waals surface area contributed by atoms with Crippen LogP contribution in [0.2, 0.25) is 0 Å². The molecule has 0 bridgehead atoms. The summed E-state index contributed by atoms with van der Waals surface area (Å²) in [7, 11) is 1.44. The molecule has 23 valence electrons. The first-order chi connectivity index (χ1) is 1.00. The molecule has 0 unspecified atom stereocenters. The zero-order chi connectivity index (χ0) is 2.00. The summed E-state index contributed by atoms with van der Waals surface area (Å²) in [6, 6.07) is 0. The van der Waals surface area contributed by atoms with E-state index >= 15 is 0 Å². The first kappa shape index (κ1) is 16.0. The van der Waals surface area contributed by atoms with Gasteiger partial charge in [-0.05, 0) is 0 Å². The molecule has 0 heterocycles. The van der Waals surface area contributed by atoms with Crippen molar-refractivity contribution in [2.75, 3.05) is 0 Å². The van der Waals surface area contributed by atoms with Crippen LogP contribution in [0.3, 0.4) is 0 Å². The fourth-order valence-electron chi connectivity index (χ4n) is 0. The molecule has 0 aliphatic heterocycles. The predicted octanol–water partition coefficient (Wildman–Crippen LogP) is -3.02. The van der Waals surface area contributed by atoms with Gasteiger partial charge in [0.2, 0.25) is 0 Å². The SMILES string of the molecule is [AlH2][SiH3].[CaH2].[Mn]. The normalized spacial score (nSPS) is 2.00. The average Bonchev–Trinajstić information content (AvgIpc) is 1.00. The Balaban J connectivity index is -0.00000000500. The second kappa shape index (κ2) is 17.7. The standard InChI is InChI=1S/Al.Ca.Mn.H3Si.4H/h;;;1H3;;;;. The Hall–Kier alpha value is 2.53. The molecule has 0 saturated heterocycles. The van der Waals surface area contributed by atoms with Crippen LogP contribution in [0.4, 0.5) is 0 Å². The molecule has 0 aromatic rings. The van der Waals surface area contributed by atoms with Crippen LogP contribution in [0, 0.1) is 0 Å². The third kappa shape index (κ3) is 8.82. The van der Waals surface area contributed by atoms with E-state index in [2.05, 4.69) is 0 Å². The molecular formula is H7AlCaMnSi. The van der Waals surface area contributed by atoms with Gasteiger partial charge in [0, 0.05) is 17.1 Å². The Bertz CT molecular complexity index is 8.00. The average molecular weight is 157 g/mol. The van der Waals surface area contributed by atoms with Crippen molar-refractivity contribution in [1.29, 1.82) is 0 Å². The summed E-state index contributed by atoms with van der Waals surface area (Å²) in [5.41, 5.74) is 0. The maximum absolute atomic E-state index is 1.44. The van der Waals surface area contributed by atoms with E-state index < -0.39 is 0 Å². The zero-order valence-electron chi connectivity index (χ0n) is 2.38. The largest absolute Gasteiger partial charge is 0 e. The number of rotatable bonds is 0. The van der Waals surface area contributed by atoms with E-state index in [4.69, 9.17) is 0 Å². The Labute approximate surface area is 77.8 Å². The molecule has 0 aromatic carbocycles. The summed E-state index contributed by atoms with van der Waals surface area (Å²) in [6.07, 6.45) is 0. The van der Waals surface area contributed by atoms with E-state index in [9.17, 15) is 0 Å². The van der Waals surface area contributed by atoms with Gasteiger partial charge in [-0.2, -0.15) is 0 Å². The maximum atomic E-state index is 1.44. The van der Waals surface area contributed by atoms with Gasteiger partial charge in [0.1, 0.15) is 0 Å². The minimum atomic E-state index is 0. The summed E-state index contributed by atoms with van der Waals surface area (Å²) in [5.74, 6) is 0. The van der Waals surface area contributed by atoms with Crippen molar-refractivity contribution in [2.24, 2.45) is 0 Å². The molecular weight excluding hydrogens is 150 g/mol. The summed E-state index contributed by atoms with van der Waals surface area (Å²) >= 11 is 1.44. The van der Waals surface area contributed by atoms with E-state index in [1.807, 2.05) is 0 Å². The van der Waals surface area contributed by atoms with Gasteiger partial charge in [-0.25, -0.2) is 0 Å². The molecule has 0 amide bonds. The van der Waals surface area contributed by atoms with Gasteiger partial charge in [-0.1, -0.05) is 8.80 Å². The van der Waals surface area contributed by atoms with Crippen molar-refractivity contribution in [3.8, 4) is 0 Å². The summed E-state index contributed by atoms with van der Waals surface area (Å²) in [6.45, 7) is 0. The first-order valence-electron chi connectivity index (χ1n) is 1.00. The maximum Gasteiger partial charge on any atom is 0 e. The van der Waals surface area contributed by atoms with Crippen molar-refractivity contribution >= 4 is 62.2 Å². The molecule has 1 radical (unpaired) electrons. The molecule has 4 heavy (non-hydrogen) atoms. The van der Waals surface area contributed by atoms with Crippen LogP contribution in [0.25, 0.3) is 0 Å². The zero-order valence-corrected chi connectivity index (χ0v) is 7.56. The fraction of sp³-hybridized carbons (Fsp3) is 0. The van der Waals surface area contributed by atoms with E-state index in [1.54, 1.807) is 0 Å². The summed E-state index contributed by atoms with van der Waals surface area (Å²) in [5, 5.41) is 0. The monoisotopic (exact) mass is 157 g/mol. The fourth-order valence-corrected chi connectivity index (χ4v) is 0. The third-order valence-corrected chi connectivity index (χ3v) is 0. The van der Waals surface area contributed by atoms with Crippen molar-refractivity contribution < 1.29 is 17.1 Å². The molecule has 0 aliphatic carbocycles. The van der Waals surface area contributed by atoms with Gasteiger partial charge in [0.05, 0.1) is 0 Å². The minimum Gasteiger partial charge on any atom is 0 e. The molecule has 0 atom stereocenters. The summed E-state index contributed by atoms with van der Waals surface area (Å²) < 4.78 is 0. The molecule has 0 aliphatic rings. The smallest absolute Gasteiger partial charge is 0 e. The topological polar surface area (TPSA) is 0 Å². The van der Waals surface area contributed by atoms with E-state index in [-0.39, 0.29) is 54.8 Å². The summed E-state index contributed by atoms with van der Waals surface area (Å²) in [4.78, 5) is 0. The molecule has 0 N–H and O–H groups in total. The van der Waals surface area contributed by atoms with Crippen molar-refractivity contribution in [2.45, 2.75) is 0 Å². The predicted molar refractivity (Wildman–Crippen MR) is 27.0 cm³/mol. The molecule has 0 rings (SSSR count). The quantitative estimate of drug-likeness (QED) is 0.328. The number of hydrogen-bond donors (Lipinski definition) is 0. The van der Waals surface area contributed by atoms with Gasteiger partial charge in [-0.15, -0.1) is 0 Å². The van der Waals surface area contributed by atoms with Crippen LogP contribution in [0.1, 0.15) is 0 Å². The molecule has 0 saturated carbocycles. The molecule has 0 nitrogen and oxygen atoms in total. The van der Waals surface area contributed by atoms with Crippen LogP contribution < -0.4 is 0 Å². The Morgan fingerprint density at radius 2 is 1.25 bits per heavy atom. The Kier molecular flexibility index (Phi) is 71.1. The van der Waals surface area contributed by atoms with Crippen LogP contribution in [0.15, 0.2) is 0 Å². The van der Waals surface area contributed by atoms with Crippen LogP contribution >= 0.6 is 0 Å². The van der Waals surface area contributed by atoms with E-state index in [0.29, 0.717) is 0 Å². The van der Waals surface area contributed by atoms with Gasteiger partial charge in [0.25, 0.3) is 0 Å². The van der Waals surface area contributed by atoms with Crippen LogP contribution in [-0.4, -0.2) is 62.2 Å². The third-order valence-electron chi connectivity index (χ3n) is 0.